The highest BCUT2D eigenvalue weighted by atomic mass is 16.3. The average Bonchev–Trinajstić information content (AvgIpc) is 2.64. The molecule has 3 nitrogen and oxygen atoms in total. The van der Waals surface area contributed by atoms with Crippen LogP contribution in [0.1, 0.15) is 87.0 Å². The van der Waals surface area contributed by atoms with Crippen LogP contribution >= 0.6 is 0 Å². The lowest BCUT2D eigenvalue weighted by molar-refractivity contribution is -0.917. The predicted molar refractivity (Wildman–Crippen MR) is 121 cm³/mol. The molecule has 164 valence electrons. The fraction of sp³-hybridized carbons (Fsp3) is 1.00. The Bertz CT molecular complexity index is 385. The third-order valence-electron chi connectivity index (χ3n) is 8.01. The summed E-state index contributed by atoms with van der Waals surface area (Å²) in [5, 5.41) is 10.1. The number of nitrogens with two attached hydrogens (primary N) is 1. The SMILES string of the molecule is CCCCC(C)(CO)C(CC)CC[N+](C)(C)C(C)C(C)CC(C)C(C)CN. The molecule has 6 unspecified atom stereocenters. The molecule has 0 aromatic rings. The van der Waals surface area contributed by atoms with Crippen molar-refractivity contribution in [2.75, 3.05) is 33.8 Å². The van der Waals surface area contributed by atoms with Crippen LogP contribution in [-0.2, 0) is 0 Å². The standard InChI is InChI=1S/C24H53N2O/c1-10-12-14-24(7,18-27)23(11-2)13-15-26(8,9)22(6)20(4)16-19(3)21(5)17-25/h19-23,27H,10-18,25H2,1-9H3/q+1. The van der Waals surface area contributed by atoms with Crippen LogP contribution in [0.2, 0.25) is 0 Å². The van der Waals surface area contributed by atoms with Gasteiger partial charge in [-0.15, -0.1) is 0 Å². The van der Waals surface area contributed by atoms with Crippen LogP contribution in [0.15, 0.2) is 0 Å². The molecule has 0 aliphatic heterocycles. The monoisotopic (exact) mass is 385 g/mol. The van der Waals surface area contributed by atoms with Crippen molar-refractivity contribution in [2.45, 2.75) is 93.0 Å². The highest BCUT2D eigenvalue weighted by Crippen LogP contribution is 2.38. The molecule has 0 saturated heterocycles. The average molecular weight is 386 g/mol. The van der Waals surface area contributed by atoms with E-state index in [1.54, 1.807) is 0 Å². The first kappa shape index (κ1) is 26.9. The summed E-state index contributed by atoms with van der Waals surface area (Å²) in [4.78, 5) is 0. The van der Waals surface area contributed by atoms with Gasteiger partial charge in [0.25, 0.3) is 0 Å². The van der Waals surface area contributed by atoms with Crippen LogP contribution in [0.25, 0.3) is 0 Å². The van der Waals surface area contributed by atoms with Gasteiger partial charge in [0.1, 0.15) is 0 Å². The summed E-state index contributed by atoms with van der Waals surface area (Å²) in [7, 11) is 4.79. The molecular formula is C24H53N2O+. The zero-order valence-electron chi connectivity index (χ0n) is 20.2. The first-order chi connectivity index (χ1) is 12.5. The Balaban J connectivity index is 4.90. The van der Waals surface area contributed by atoms with Gasteiger partial charge in [0, 0.05) is 12.5 Å². The Kier molecular flexibility index (Phi) is 12.4. The van der Waals surface area contributed by atoms with E-state index < -0.39 is 0 Å². The van der Waals surface area contributed by atoms with Gasteiger partial charge in [0.2, 0.25) is 0 Å². The van der Waals surface area contributed by atoms with E-state index in [4.69, 9.17) is 5.73 Å². The first-order valence-electron chi connectivity index (χ1n) is 11.6. The van der Waals surface area contributed by atoms with Crippen molar-refractivity contribution in [3.63, 3.8) is 0 Å². The van der Waals surface area contributed by atoms with Gasteiger partial charge in [0.05, 0.1) is 26.7 Å². The molecule has 0 fully saturated rings. The molecule has 3 heteroatoms. The molecule has 3 N–H and O–H groups in total. The normalized spacial score (nSPS) is 20.6. The lowest BCUT2D eigenvalue weighted by Crippen LogP contribution is -2.52. The molecule has 0 bridgehead atoms. The van der Waals surface area contributed by atoms with Gasteiger partial charge in [-0.2, -0.15) is 0 Å². The van der Waals surface area contributed by atoms with Crippen LogP contribution in [0.5, 0.6) is 0 Å². The van der Waals surface area contributed by atoms with Gasteiger partial charge >= 0.3 is 0 Å². The minimum atomic E-state index is 0.0741. The van der Waals surface area contributed by atoms with Gasteiger partial charge in [-0.05, 0) is 55.9 Å². The maximum absolute atomic E-state index is 10.1. The van der Waals surface area contributed by atoms with Gasteiger partial charge in [-0.1, -0.05) is 60.8 Å². The molecule has 0 aliphatic rings. The van der Waals surface area contributed by atoms with Crippen molar-refractivity contribution in [3.05, 3.63) is 0 Å². The minimum absolute atomic E-state index is 0.0741. The lowest BCUT2D eigenvalue weighted by atomic mass is 9.71. The highest BCUT2D eigenvalue weighted by molar-refractivity contribution is 4.81. The zero-order valence-corrected chi connectivity index (χ0v) is 20.2. The summed E-state index contributed by atoms with van der Waals surface area (Å²) in [5.74, 6) is 2.57. The van der Waals surface area contributed by atoms with Gasteiger partial charge < -0.3 is 15.3 Å². The highest BCUT2D eigenvalue weighted by Gasteiger charge is 2.36. The maximum atomic E-state index is 10.1. The molecule has 6 atom stereocenters. The smallest absolute Gasteiger partial charge is 0.0883 e. The Morgan fingerprint density at radius 1 is 1.00 bits per heavy atom. The van der Waals surface area contributed by atoms with Crippen molar-refractivity contribution < 1.29 is 9.59 Å². The van der Waals surface area contributed by atoms with Crippen molar-refractivity contribution >= 4 is 0 Å². The first-order valence-corrected chi connectivity index (χ1v) is 11.6. The molecular weight excluding hydrogens is 332 g/mol. The molecule has 0 aliphatic carbocycles. The number of rotatable bonds is 15. The zero-order chi connectivity index (χ0) is 21.3. The number of aliphatic hydroxyl groups excluding tert-OH is 1. The predicted octanol–water partition coefficient (Wildman–Crippen LogP) is 5.31. The second-order valence-electron chi connectivity index (χ2n) is 10.5. The van der Waals surface area contributed by atoms with E-state index in [0.717, 1.165) is 23.9 Å². The van der Waals surface area contributed by atoms with Crippen molar-refractivity contribution in [3.8, 4) is 0 Å². The number of unbranched alkanes of at least 4 members (excludes halogenated alkanes) is 1. The summed E-state index contributed by atoms with van der Waals surface area (Å²) in [5.41, 5.74) is 5.95. The summed E-state index contributed by atoms with van der Waals surface area (Å²) in [6.07, 6.45) is 7.19. The van der Waals surface area contributed by atoms with E-state index in [9.17, 15) is 5.11 Å². The number of hydrogen-bond acceptors (Lipinski definition) is 2. The number of quaternary nitrogens is 1. The van der Waals surface area contributed by atoms with Crippen LogP contribution in [-0.4, -0.2) is 49.4 Å². The van der Waals surface area contributed by atoms with Crippen molar-refractivity contribution in [1.82, 2.24) is 0 Å². The Hall–Kier alpha value is -0.120. The largest absolute Gasteiger partial charge is 0.396 e. The second kappa shape index (κ2) is 12.4. The fourth-order valence-electron chi connectivity index (χ4n) is 4.67. The quantitative estimate of drug-likeness (QED) is 0.375. The molecule has 0 heterocycles. The van der Waals surface area contributed by atoms with Crippen molar-refractivity contribution in [2.24, 2.45) is 34.8 Å². The van der Waals surface area contributed by atoms with E-state index in [1.807, 2.05) is 0 Å². The molecule has 0 amide bonds. The summed E-state index contributed by atoms with van der Waals surface area (Å²) in [6.45, 7) is 18.6. The Labute approximate surface area is 171 Å². The molecule has 0 aromatic heterocycles. The fourth-order valence-corrected chi connectivity index (χ4v) is 4.67. The van der Waals surface area contributed by atoms with E-state index in [2.05, 4.69) is 62.6 Å². The number of nitrogens with zero attached hydrogens (tertiary/aromatic N) is 1. The summed E-state index contributed by atoms with van der Waals surface area (Å²) >= 11 is 0. The van der Waals surface area contributed by atoms with Crippen molar-refractivity contribution in [1.29, 1.82) is 0 Å². The molecule has 0 aromatic carbocycles. The van der Waals surface area contributed by atoms with E-state index in [1.165, 1.54) is 32.2 Å². The molecule has 0 rings (SSSR count). The molecule has 0 saturated carbocycles. The summed E-state index contributed by atoms with van der Waals surface area (Å²) in [6, 6.07) is 0.631. The third-order valence-corrected chi connectivity index (χ3v) is 8.01. The van der Waals surface area contributed by atoms with Gasteiger partial charge in [-0.3, -0.25) is 0 Å². The van der Waals surface area contributed by atoms with Crippen LogP contribution in [0.4, 0.5) is 0 Å². The lowest BCUT2D eigenvalue weighted by Gasteiger charge is -2.43. The van der Waals surface area contributed by atoms with E-state index in [0.29, 0.717) is 36.3 Å². The summed E-state index contributed by atoms with van der Waals surface area (Å²) < 4.78 is 1.07. The Morgan fingerprint density at radius 3 is 2.04 bits per heavy atom. The van der Waals surface area contributed by atoms with Crippen LogP contribution in [0.3, 0.4) is 0 Å². The number of hydrogen-bond donors (Lipinski definition) is 2. The molecule has 0 radical (unpaired) electrons. The van der Waals surface area contributed by atoms with Crippen LogP contribution in [0, 0.1) is 29.1 Å². The van der Waals surface area contributed by atoms with E-state index in [-0.39, 0.29) is 5.41 Å². The third kappa shape index (κ3) is 8.41. The molecule has 0 spiro atoms. The van der Waals surface area contributed by atoms with Crippen LogP contribution < -0.4 is 5.73 Å². The Morgan fingerprint density at radius 2 is 1.59 bits per heavy atom. The minimum Gasteiger partial charge on any atom is -0.396 e. The van der Waals surface area contributed by atoms with Gasteiger partial charge in [0.15, 0.2) is 0 Å². The number of aliphatic hydroxyl groups is 1. The topological polar surface area (TPSA) is 46.2 Å². The molecule has 27 heavy (non-hydrogen) atoms. The van der Waals surface area contributed by atoms with Gasteiger partial charge in [-0.25, -0.2) is 0 Å². The second-order valence-corrected chi connectivity index (χ2v) is 10.5. The van der Waals surface area contributed by atoms with E-state index >= 15 is 0 Å². The maximum Gasteiger partial charge on any atom is 0.0883 e.